The number of hydrogen-bond acceptors (Lipinski definition) is 4. The minimum Gasteiger partial charge on any atom is -0.366 e. The van der Waals surface area contributed by atoms with E-state index in [1.165, 1.54) is 0 Å². The summed E-state index contributed by atoms with van der Waals surface area (Å²) in [6.07, 6.45) is 2.82. The summed E-state index contributed by atoms with van der Waals surface area (Å²) < 4.78 is 30.3. The van der Waals surface area contributed by atoms with Crippen LogP contribution >= 0.6 is 7.75 Å². The third kappa shape index (κ3) is 3.28. The molecule has 0 radical (unpaired) electrons. The molecule has 5 nitrogen and oxygen atoms in total. The summed E-state index contributed by atoms with van der Waals surface area (Å²) in [5.74, 6) is 0. The summed E-state index contributed by atoms with van der Waals surface area (Å²) in [4.78, 5) is 0. The van der Waals surface area contributed by atoms with Gasteiger partial charge in [0.2, 0.25) is 0 Å². The lowest BCUT2D eigenvalue weighted by Gasteiger charge is -2.37. The van der Waals surface area contributed by atoms with Gasteiger partial charge in [-0.15, -0.1) is 0 Å². The van der Waals surface area contributed by atoms with E-state index in [4.69, 9.17) is 13.8 Å². The maximum atomic E-state index is 12.5. The molecule has 1 aliphatic heterocycles. The first-order valence-corrected chi connectivity index (χ1v) is 7.36. The molecule has 0 spiro atoms. The zero-order valence-electron chi connectivity index (χ0n) is 10.3. The highest BCUT2D eigenvalue weighted by atomic mass is 31.2. The van der Waals surface area contributed by atoms with E-state index in [0.29, 0.717) is 19.8 Å². The number of rotatable bonds is 6. The van der Waals surface area contributed by atoms with E-state index in [0.717, 1.165) is 19.3 Å². The minimum atomic E-state index is -3.16. The molecule has 0 amide bonds. The molecule has 0 aromatic heterocycles. The first kappa shape index (κ1) is 14.1. The predicted octanol–water partition coefficient (Wildman–Crippen LogP) is 2.63. The van der Waals surface area contributed by atoms with Crippen molar-refractivity contribution in [1.29, 1.82) is 0 Å². The van der Waals surface area contributed by atoms with Gasteiger partial charge in [0.15, 0.2) is 0 Å². The fourth-order valence-electron chi connectivity index (χ4n) is 1.92. The lowest BCUT2D eigenvalue weighted by atomic mass is 10.1. The number of hydrogen-bond donors (Lipinski definition) is 0. The molecule has 1 saturated heterocycles. The van der Waals surface area contributed by atoms with Crippen molar-refractivity contribution in [3.8, 4) is 0 Å². The normalized spacial score (nSPS) is 23.6. The van der Waals surface area contributed by atoms with Crippen molar-refractivity contribution < 1.29 is 18.3 Å². The SMILES string of the molecule is CCOP(=O)(OCC)N1CCCCC1OC. The molecule has 1 aliphatic rings. The van der Waals surface area contributed by atoms with Gasteiger partial charge in [0.1, 0.15) is 6.23 Å². The van der Waals surface area contributed by atoms with Crippen LogP contribution in [0.4, 0.5) is 0 Å². The Morgan fingerprint density at radius 2 is 1.88 bits per heavy atom. The van der Waals surface area contributed by atoms with Gasteiger partial charge in [0.05, 0.1) is 13.2 Å². The van der Waals surface area contributed by atoms with Crippen molar-refractivity contribution >= 4 is 7.75 Å². The van der Waals surface area contributed by atoms with Crippen molar-refractivity contribution in [1.82, 2.24) is 4.67 Å². The van der Waals surface area contributed by atoms with Crippen LogP contribution in [-0.2, 0) is 18.3 Å². The second-order valence-corrected chi connectivity index (χ2v) is 5.62. The maximum Gasteiger partial charge on any atom is 0.410 e. The van der Waals surface area contributed by atoms with Crippen LogP contribution in [0.15, 0.2) is 0 Å². The summed E-state index contributed by atoms with van der Waals surface area (Å²) in [6.45, 7) is 5.10. The molecule has 0 bridgehead atoms. The van der Waals surface area contributed by atoms with Crippen LogP contribution in [0.2, 0.25) is 0 Å². The van der Waals surface area contributed by atoms with Gasteiger partial charge in [-0.25, -0.2) is 4.57 Å². The average molecular weight is 251 g/mol. The van der Waals surface area contributed by atoms with E-state index in [9.17, 15) is 4.57 Å². The van der Waals surface area contributed by atoms with Gasteiger partial charge in [-0.3, -0.25) is 9.05 Å². The number of piperidine rings is 1. The molecule has 0 aromatic rings. The second kappa shape index (κ2) is 6.72. The Morgan fingerprint density at radius 3 is 2.38 bits per heavy atom. The van der Waals surface area contributed by atoms with E-state index in [-0.39, 0.29) is 6.23 Å². The van der Waals surface area contributed by atoms with Gasteiger partial charge in [0, 0.05) is 13.7 Å². The van der Waals surface area contributed by atoms with Gasteiger partial charge in [-0.2, -0.15) is 4.67 Å². The van der Waals surface area contributed by atoms with Crippen LogP contribution < -0.4 is 0 Å². The molecular formula is C10H22NO4P. The number of nitrogens with zero attached hydrogens (tertiary/aromatic N) is 1. The van der Waals surface area contributed by atoms with Crippen LogP contribution in [0.1, 0.15) is 33.1 Å². The summed E-state index contributed by atoms with van der Waals surface area (Å²) >= 11 is 0. The highest BCUT2D eigenvalue weighted by molar-refractivity contribution is 7.51. The summed E-state index contributed by atoms with van der Waals surface area (Å²) in [7, 11) is -1.53. The first-order valence-electron chi connectivity index (χ1n) is 5.87. The van der Waals surface area contributed by atoms with Crippen LogP contribution in [-0.4, -0.2) is 37.8 Å². The van der Waals surface area contributed by atoms with Crippen molar-refractivity contribution in [2.24, 2.45) is 0 Å². The zero-order valence-corrected chi connectivity index (χ0v) is 11.2. The van der Waals surface area contributed by atoms with E-state index >= 15 is 0 Å². The second-order valence-electron chi connectivity index (χ2n) is 3.65. The zero-order chi connectivity index (χ0) is 12.0. The van der Waals surface area contributed by atoms with E-state index in [2.05, 4.69) is 0 Å². The van der Waals surface area contributed by atoms with Crippen LogP contribution in [0.3, 0.4) is 0 Å². The lowest BCUT2D eigenvalue weighted by Crippen LogP contribution is -2.39. The Kier molecular flexibility index (Phi) is 5.94. The van der Waals surface area contributed by atoms with Crippen molar-refractivity contribution in [3.05, 3.63) is 0 Å². The van der Waals surface area contributed by atoms with Gasteiger partial charge < -0.3 is 4.74 Å². The third-order valence-corrected chi connectivity index (χ3v) is 4.85. The summed E-state index contributed by atoms with van der Waals surface area (Å²) in [5, 5.41) is 0. The lowest BCUT2D eigenvalue weighted by molar-refractivity contribution is -0.0283. The molecule has 6 heteroatoms. The average Bonchev–Trinajstić information content (AvgIpc) is 2.29. The molecule has 96 valence electrons. The highest BCUT2D eigenvalue weighted by Crippen LogP contribution is 2.54. The Labute approximate surface area is 97.6 Å². The topological polar surface area (TPSA) is 48.0 Å². The van der Waals surface area contributed by atoms with Gasteiger partial charge in [-0.1, -0.05) is 0 Å². The van der Waals surface area contributed by atoms with Gasteiger partial charge >= 0.3 is 7.75 Å². The fourth-order valence-corrected chi connectivity index (χ4v) is 3.85. The monoisotopic (exact) mass is 251 g/mol. The van der Waals surface area contributed by atoms with E-state index in [1.54, 1.807) is 11.8 Å². The summed E-state index contributed by atoms with van der Waals surface area (Å²) in [5.41, 5.74) is 0. The van der Waals surface area contributed by atoms with Crippen LogP contribution in [0.25, 0.3) is 0 Å². The quantitative estimate of drug-likeness (QED) is 0.679. The molecule has 0 aliphatic carbocycles. The molecule has 1 rings (SSSR count). The van der Waals surface area contributed by atoms with Crippen molar-refractivity contribution in [3.63, 3.8) is 0 Å². The van der Waals surface area contributed by atoms with Crippen LogP contribution in [0.5, 0.6) is 0 Å². The largest absolute Gasteiger partial charge is 0.410 e. The fraction of sp³-hybridized carbons (Fsp3) is 1.00. The Balaban J connectivity index is 2.77. The first-order chi connectivity index (χ1) is 7.68. The molecular weight excluding hydrogens is 229 g/mol. The molecule has 1 heterocycles. The Morgan fingerprint density at radius 1 is 1.25 bits per heavy atom. The smallest absolute Gasteiger partial charge is 0.366 e. The Hall–Kier alpha value is 0.0700. The number of methoxy groups -OCH3 is 1. The standard InChI is InChI=1S/C10H22NO4P/c1-4-14-16(12,15-5-2)11-9-7-6-8-10(11)13-3/h10H,4-9H2,1-3H3. The van der Waals surface area contributed by atoms with Gasteiger partial charge in [-0.05, 0) is 33.1 Å². The Bertz CT molecular complexity index is 239. The molecule has 0 saturated carbocycles. The van der Waals surface area contributed by atoms with E-state index < -0.39 is 7.75 Å². The highest BCUT2D eigenvalue weighted by Gasteiger charge is 2.39. The molecule has 1 fully saturated rings. The van der Waals surface area contributed by atoms with Gasteiger partial charge in [0.25, 0.3) is 0 Å². The van der Waals surface area contributed by atoms with Crippen molar-refractivity contribution in [2.75, 3.05) is 26.9 Å². The molecule has 0 N–H and O–H groups in total. The molecule has 0 aromatic carbocycles. The maximum absolute atomic E-state index is 12.5. The molecule has 1 unspecified atom stereocenters. The summed E-state index contributed by atoms with van der Waals surface area (Å²) in [6, 6.07) is 0. The van der Waals surface area contributed by atoms with Crippen LogP contribution in [0, 0.1) is 0 Å². The molecule has 16 heavy (non-hydrogen) atoms. The van der Waals surface area contributed by atoms with Crippen molar-refractivity contribution in [2.45, 2.75) is 39.3 Å². The minimum absolute atomic E-state index is 0.155. The molecule has 1 atom stereocenters. The predicted molar refractivity (Wildman–Crippen MR) is 62.2 cm³/mol. The number of ether oxygens (including phenoxy) is 1. The van der Waals surface area contributed by atoms with E-state index in [1.807, 2.05) is 13.8 Å². The third-order valence-electron chi connectivity index (χ3n) is 2.59.